The first-order valence-corrected chi connectivity index (χ1v) is 11.2. The minimum atomic E-state index is -3.76. The average Bonchev–Trinajstić information content (AvgIpc) is 2.72. The number of fused-ring (bicyclic) bond motifs is 1. The fourth-order valence-corrected chi connectivity index (χ4v) is 4.53. The van der Waals surface area contributed by atoms with Crippen LogP contribution in [0.25, 0.3) is 0 Å². The van der Waals surface area contributed by atoms with Gasteiger partial charge in [-0.05, 0) is 49.7 Å². The number of esters is 1. The van der Waals surface area contributed by atoms with E-state index in [0.29, 0.717) is 22.5 Å². The number of amides is 2. The quantitative estimate of drug-likeness (QED) is 0.625. The van der Waals surface area contributed by atoms with E-state index in [4.69, 9.17) is 9.47 Å². The fraction of sp³-hybridized carbons (Fsp3) is 0.286. The summed E-state index contributed by atoms with van der Waals surface area (Å²) in [5, 5.41) is 5.23. The van der Waals surface area contributed by atoms with Crippen LogP contribution in [0.3, 0.4) is 0 Å². The third-order valence-electron chi connectivity index (χ3n) is 4.52. The van der Waals surface area contributed by atoms with Crippen LogP contribution in [0.15, 0.2) is 41.3 Å². The van der Waals surface area contributed by atoms with Gasteiger partial charge in [0, 0.05) is 18.2 Å². The molecule has 31 heavy (non-hydrogen) atoms. The van der Waals surface area contributed by atoms with E-state index in [2.05, 4.69) is 10.6 Å². The van der Waals surface area contributed by atoms with Crippen LogP contribution in [0.5, 0.6) is 5.75 Å². The van der Waals surface area contributed by atoms with Crippen molar-refractivity contribution in [2.45, 2.75) is 25.2 Å². The van der Waals surface area contributed by atoms with Crippen molar-refractivity contribution >= 4 is 39.0 Å². The molecule has 164 valence electrons. The molecule has 0 saturated carbocycles. The summed E-state index contributed by atoms with van der Waals surface area (Å²) >= 11 is 0. The zero-order valence-electron chi connectivity index (χ0n) is 17.1. The summed E-state index contributed by atoms with van der Waals surface area (Å²) in [6.07, 6.45) is -0.254. The first kappa shape index (κ1) is 22.3. The summed E-state index contributed by atoms with van der Waals surface area (Å²) in [4.78, 5) is 35.3. The van der Waals surface area contributed by atoms with Gasteiger partial charge in [-0.25, -0.2) is 13.2 Å². The Bertz CT molecular complexity index is 1130. The second-order valence-electron chi connectivity index (χ2n) is 6.87. The highest BCUT2D eigenvalue weighted by atomic mass is 32.2. The van der Waals surface area contributed by atoms with Gasteiger partial charge < -0.3 is 20.1 Å². The maximum Gasteiger partial charge on any atom is 0.338 e. The molecule has 0 fully saturated rings. The van der Waals surface area contributed by atoms with Gasteiger partial charge >= 0.3 is 5.97 Å². The topological polar surface area (TPSA) is 128 Å². The number of aryl methyl sites for hydroxylation is 1. The van der Waals surface area contributed by atoms with E-state index in [9.17, 15) is 22.8 Å². The molecule has 9 nitrogen and oxygen atoms in total. The molecule has 0 unspecified atom stereocenters. The summed E-state index contributed by atoms with van der Waals surface area (Å²) in [6.45, 7) is 3.39. The lowest BCUT2D eigenvalue weighted by molar-refractivity contribution is -0.118. The molecular formula is C21H22N2O7S. The van der Waals surface area contributed by atoms with Gasteiger partial charge in [-0.15, -0.1) is 0 Å². The van der Waals surface area contributed by atoms with E-state index in [0.717, 1.165) is 0 Å². The Kier molecular flexibility index (Phi) is 6.59. The maximum absolute atomic E-state index is 12.8. The molecule has 0 radical (unpaired) electrons. The van der Waals surface area contributed by atoms with Crippen molar-refractivity contribution in [2.75, 3.05) is 29.6 Å². The van der Waals surface area contributed by atoms with Crippen LogP contribution in [-0.4, -0.2) is 45.2 Å². The third kappa shape index (κ3) is 5.40. The molecule has 2 aromatic rings. The van der Waals surface area contributed by atoms with Gasteiger partial charge in [0.25, 0.3) is 5.91 Å². The normalized spacial score (nSPS) is 12.9. The number of carbonyl (C=O) groups excluding carboxylic acids is 3. The van der Waals surface area contributed by atoms with Crippen LogP contribution >= 0.6 is 0 Å². The molecule has 1 aliphatic rings. The molecule has 0 spiro atoms. The first-order valence-electron chi connectivity index (χ1n) is 9.56. The van der Waals surface area contributed by atoms with Gasteiger partial charge in [-0.2, -0.15) is 0 Å². The molecule has 1 heterocycles. The number of hydrogen-bond acceptors (Lipinski definition) is 7. The largest absolute Gasteiger partial charge is 0.482 e. The van der Waals surface area contributed by atoms with E-state index in [1.165, 1.54) is 36.4 Å². The van der Waals surface area contributed by atoms with Crippen molar-refractivity contribution < 1.29 is 32.3 Å². The van der Waals surface area contributed by atoms with Crippen LogP contribution in [-0.2, 0) is 24.2 Å². The van der Waals surface area contributed by atoms with Gasteiger partial charge in [0.2, 0.25) is 5.91 Å². The lowest BCUT2D eigenvalue weighted by Crippen LogP contribution is -2.26. The summed E-state index contributed by atoms with van der Waals surface area (Å²) in [5.74, 6) is -1.38. The Hall–Kier alpha value is -3.40. The number of anilines is 2. The number of ether oxygens (including phenoxy) is 2. The number of benzene rings is 2. The molecule has 0 aliphatic carbocycles. The van der Waals surface area contributed by atoms with Gasteiger partial charge in [0.15, 0.2) is 16.4 Å². The summed E-state index contributed by atoms with van der Waals surface area (Å²) in [5.41, 5.74) is 1.64. The van der Waals surface area contributed by atoms with Crippen molar-refractivity contribution in [1.82, 2.24) is 0 Å². The predicted octanol–water partition coefficient (Wildman–Crippen LogP) is 2.31. The van der Waals surface area contributed by atoms with E-state index in [-0.39, 0.29) is 36.2 Å². The van der Waals surface area contributed by atoms with E-state index in [1.54, 1.807) is 13.8 Å². The van der Waals surface area contributed by atoms with Crippen molar-refractivity contribution in [3.63, 3.8) is 0 Å². The Morgan fingerprint density at radius 1 is 1.19 bits per heavy atom. The van der Waals surface area contributed by atoms with Crippen molar-refractivity contribution in [3.8, 4) is 5.75 Å². The molecule has 2 N–H and O–H groups in total. The predicted molar refractivity (Wildman–Crippen MR) is 113 cm³/mol. The number of hydrogen-bond donors (Lipinski definition) is 2. The zero-order chi connectivity index (χ0) is 22.6. The number of nitrogens with one attached hydrogen (secondary N) is 2. The molecule has 0 aromatic heterocycles. The molecule has 10 heteroatoms. The van der Waals surface area contributed by atoms with Gasteiger partial charge in [-0.1, -0.05) is 0 Å². The Labute approximate surface area is 179 Å². The van der Waals surface area contributed by atoms with Crippen LogP contribution in [0, 0.1) is 6.92 Å². The number of carbonyl (C=O) groups is 3. The molecule has 3 rings (SSSR count). The maximum atomic E-state index is 12.8. The summed E-state index contributed by atoms with van der Waals surface area (Å²) in [7, 11) is -3.76. The van der Waals surface area contributed by atoms with Crippen LogP contribution < -0.4 is 15.4 Å². The first-order chi connectivity index (χ1) is 14.7. The highest BCUT2D eigenvalue weighted by Crippen LogP contribution is 2.33. The molecule has 2 aromatic carbocycles. The Balaban J connectivity index is 1.63. The van der Waals surface area contributed by atoms with E-state index < -0.39 is 27.5 Å². The molecule has 2 amide bonds. The minimum Gasteiger partial charge on any atom is -0.482 e. The standard InChI is InChI=1S/C21H22N2O7S/c1-3-29-21(26)14-4-6-15(7-5-14)22-19(24)8-9-31(27,28)18-11-17-16(10-13(18)2)23-20(25)12-30-17/h4-7,10-11H,3,8-9,12H2,1-2H3,(H,22,24)(H,23,25). The number of sulfone groups is 1. The summed E-state index contributed by atoms with van der Waals surface area (Å²) in [6, 6.07) is 9.00. The third-order valence-corrected chi connectivity index (χ3v) is 6.37. The van der Waals surface area contributed by atoms with Crippen molar-refractivity contribution in [2.24, 2.45) is 0 Å². The minimum absolute atomic E-state index is 0.0500. The smallest absolute Gasteiger partial charge is 0.338 e. The lowest BCUT2D eigenvalue weighted by Gasteiger charge is -2.20. The van der Waals surface area contributed by atoms with Crippen molar-refractivity contribution in [3.05, 3.63) is 47.5 Å². The Morgan fingerprint density at radius 3 is 2.58 bits per heavy atom. The highest BCUT2D eigenvalue weighted by molar-refractivity contribution is 7.91. The monoisotopic (exact) mass is 446 g/mol. The zero-order valence-corrected chi connectivity index (χ0v) is 17.9. The van der Waals surface area contributed by atoms with E-state index in [1.807, 2.05) is 0 Å². The van der Waals surface area contributed by atoms with Crippen LogP contribution in [0.4, 0.5) is 11.4 Å². The molecule has 1 aliphatic heterocycles. The molecule has 0 atom stereocenters. The second kappa shape index (κ2) is 9.17. The molecule has 0 saturated heterocycles. The van der Waals surface area contributed by atoms with Crippen LogP contribution in [0.1, 0.15) is 29.3 Å². The fourth-order valence-electron chi connectivity index (χ4n) is 3.02. The highest BCUT2D eigenvalue weighted by Gasteiger charge is 2.24. The summed E-state index contributed by atoms with van der Waals surface area (Å²) < 4.78 is 35.7. The Morgan fingerprint density at radius 2 is 1.90 bits per heavy atom. The van der Waals surface area contributed by atoms with E-state index >= 15 is 0 Å². The average molecular weight is 446 g/mol. The van der Waals surface area contributed by atoms with Crippen LogP contribution in [0.2, 0.25) is 0 Å². The van der Waals surface area contributed by atoms with Gasteiger partial charge in [-0.3, -0.25) is 9.59 Å². The van der Waals surface area contributed by atoms with Gasteiger partial charge in [0.1, 0.15) is 5.75 Å². The number of rotatable bonds is 7. The molecular weight excluding hydrogens is 424 g/mol. The van der Waals surface area contributed by atoms with Gasteiger partial charge in [0.05, 0.1) is 28.5 Å². The lowest BCUT2D eigenvalue weighted by atomic mass is 10.2. The second-order valence-corrected chi connectivity index (χ2v) is 8.94. The SMILES string of the molecule is CCOC(=O)c1ccc(NC(=O)CCS(=O)(=O)c2cc3c(cc2C)NC(=O)CO3)cc1. The molecule has 0 bridgehead atoms. The van der Waals surface area contributed by atoms with Crippen molar-refractivity contribution in [1.29, 1.82) is 0 Å².